The molecule has 1 aliphatic rings. The summed E-state index contributed by atoms with van der Waals surface area (Å²) in [7, 11) is 1.78. The molecule has 24 heavy (non-hydrogen) atoms. The van der Waals surface area contributed by atoms with Crippen LogP contribution in [0.2, 0.25) is 0 Å². The van der Waals surface area contributed by atoms with Crippen LogP contribution in [0.3, 0.4) is 0 Å². The van der Waals surface area contributed by atoms with Crippen LogP contribution < -0.4 is 21.1 Å². The van der Waals surface area contributed by atoms with Gasteiger partial charge in [0.25, 0.3) is 5.91 Å². The average molecular weight is 332 g/mol. The lowest BCUT2D eigenvalue weighted by molar-refractivity contribution is -0.119. The Morgan fingerprint density at radius 2 is 2.08 bits per heavy atom. The molecule has 1 amide bonds. The lowest BCUT2D eigenvalue weighted by atomic mass is 9.87. The molecule has 0 aromatic heterocycles. The summed E-state index contributed by atoms with van der Waals surface area (Å²) < 4.78 is 5.32. The number of nitrogens with zero attached hydrogens (tertiary/aromatic N) is 1. The maximum atomic E-state index is 10.8. The molecule has 4 N–H and O–H groups in total. The number of nitrogens with one attached hydrogen (secondary N) is 2. The van der Waals surface area contributed by atoms with Crippen LogP contribution in [0.5, 0.6) is 5.75 Å². The maximum Gasteiger partial charge on any atom is 0.255 e. The van der Waals surface area contributed by atoms with Crippen LogP contribution in [0.4, 0.5) is 0 Å². The lowest BCUT2D eigenvalue weighted by Crippen LogP contribution is -2.44. The molecule has 0 aliphatic heterocycles. The van der Waals surface area contributed by atoms with Crippen molar-refractivity contribution in [3.63, 3.8) is 0 Å². The summed E-state index contributed by atoms with van der Waals surface area (Å²) in [5.41, 5.74) is 6.14. The highest BCUT2D eigenvalue weighted by molar-refractivity contribution is 5.80. The Morgan fingerprint density at radius 1 is 1.33 bits per heavy atom. The summed E-state index contributed by atoms with van der Waals surface area (Å²) >= 11 is 0. The van der Waals surface area contributed by atoms with E-state index in [0.717, 1.165) is 17.4 Å². The number of hydrogen-bond donors (Lipinski definition) is 3. The Labute approximate surface area is 143 Å². The molecular weight excluding hydrogens is 304 g/mol. The summed E-state index contributed by atoms with van der Waals surface area (Å²) in [6, 6.07) is 8.09. The third-order valence-corrected chi connectivity index (χ3v) is 4.32. The van der Waals surface area contributed by atoms with E-state index in [2.05, 4.69) is 22.5 Å². The maximum absolute atomic E-state index is 10.8. The predicted molar refractivity (Wildman–Crippen MR) is 95.9 cm³/mol. The monoisotopic (exact) mass is 332 g/mol. The largest absolute Gasteiger partial charge is 0.484 e. The minimum Gasteiger partial charge on any atom is -0.484 e. The van der Waals surface area contributed by atoms with Crippen LogP contribution in [0.15, 0.2) is 29.3 Å². The zero-order chi connectivity index (χ0) is 17.4. The van der Waals surface area contributed by atoms with Crippen molar-refractivity contribution in [1.29, 1.82) is 0 Å². The normalized spacial score (nSPS) is 21.2. The van der Waals surface area contributed by atoms with Gasteiger partial charge in [0.05, 0.1) is 0 Å². The summed E-state index contributed by atoms with van der Waals surface area (Å²) in [5, 5.41) is 6.83. The molecule has 1 saturated carbocycles. The van der Waals surface area contributed by atoms with Crippen molar-refractivity contribution in [2.75, 3.05) is 13.7 Å². The Bertz CT molecular complexity index is 566. The smallest absolute Gasteiger partial charge is 0.255 e. The molecule has 1 aromatic carbocycles. The number of ether oxygens (including phenoxy) is 1. The van der Waals surface area contributed by atoms with E-state index in [1.165, 1.54) is 25.7 Å². The molecule has 0 atom stereocenters. The van der Waals surface area contributed by atoms with Gasteiger partial charge in [0.15, 0.2) is 12.6 Å². The number of primary amides is 1. The molecule has 0 radical (unpaired) electrons. The van der Waals surface area contributed by atoms with E-state index in [0.29, 0.717) is 18.3 Å². The van der Waals surface area contributed by atoms with Gasteiger partial charge in [-0.05, 0) is 49.3 Å². The fourth-order valence-corrected chi connectivity index (χ4v) is 2.88. The van der Waals surface area contributed by atoms with Gasteiger partial charge in [0.2, 0.25) is 0 Å². The minimum atomic E-state index is -0.482. The van der Waals surface area contributed by atoms with Crippen molar-refractivity contribution in [3.8, 4) is 5.75 Å². The highest BCUT2D eigenvalue weighted by Gasteiger charge is 2.18. The number of carbonyl (C=O) groups is 1. The molecule has 0 heterocycles. The van der Waals surface area contributed by atoms with Gasteiger partial charge in [-0.1, -0.05) is 19.1 Å². The molecule has 0 spiro atoms. The van der Waals surface area contributed by atoms with E-state index in [1.807, 2.05) is 24.3 Å². The lowest BCUT2D eigenvalue weighted by Gasteiger charge is -2.28. The first-order chi connectivity index (χ1) is 11.6. The second-order valence-corrected chi connectivity index (χ2v) is 6.43. The fraction of sp³-hybridized carbons (Fsp3) is 0.556. The molecule has 2 rings (SSSR count). The van der Waals surface area contributed by atoms with Gasteiger partial charge in [-0.25, -0.2) is 0 Å². The summed E-state index contributed by atoms with van der Waals surface area (Å²) in [5.74, 6) is 1.81. The number of rotatable bonds is 6. The number of nitrogens with two attached hydrogens (primary N) is 1. The SMILES string of the molecule is CN=C(NCc1cccc(OCC(N)=O)c1)NC1CCC(C)CC1. The van der Waals surface area contributed by atoms with E-state index in [1.54, 1.807) is 7.05 Å². The molecular formula is C18H28N4O2. The number of amides is 1. The number of hydrogen-bond acceptors (Lipinski definition) is 3. The predicted octanol–water partition coefficient (Wildman–Crippen LogP) is 1.79. The van der Waals surface area contributed by atoms with Crippen LogP contribution in [-0.2, 0) is 11.3 Å². The number of guanidine groups is 1. The van der Waals surface area contributed by atoms with Gasteiger partial charge in [-0.15, -0.1) is 0 Å². The van der Waals surface area contributed by atoms with Crippen LogP contribution in [0, 0.1) is 5.92 Å². The van der Waals surface area contributed by atoms with Crippen molar-refractivity contribution >= 4 is 11.9 Å². The highest BCUT2D eigenvalue weighted by atomic mass is 16.5. The molecule has 132 valence electrons. The third-order valence-electron chi connectivity index (χ3n) is 4.32. The first-order valence-corrected chi connectivity index (χ1v) is 8.54. The van der Waals surface area contributed by atoms with E-state index in [4.69, 9.17) is 10.5 Å². The standard InChI is InChI=1S/C18H28N4O2/c1-13-6-8-15(9-7-13)22-18(20-2)21-11-14-4-3-5-16(10-14)24-12-17(19)23/h3-5,10,13,15H,6-9,11-12H2,1-2H3,(H2,19,23)(H2,20,21,22). The third kappa shape index (κ3) is 6.10. The number of carbonyl (C=O) groups excluding carboxylic acids is 1. The van der Waals surface area contributed by atoms with Crippen molar-refractivity contribution < 1.29 is 9.53 Å². The summed E-state index contributed by atoms with van der Waals surface area (Å²) in [6.45, 7) is 2.84. The number of benzene rings is 1. The molecule has 0 bridgehead atoms. The van der Waals surface area contributed by atoms with Crippen molar-refractivity contribution in [1.82, 2.24) is 10.6 Å². The van der Waals surface area contributed by atoms with Gasteiger partial charge in [-0.2, -0.15) is 0 Å². The van der Waals surface area contributed by atoms with Gasteiger partial charge in [-0.3, -0.25) is 9.79 Å². The topological polar surface area (TPSA) is 88.7 Å². The minimum absolute atomic E-state index is 0.111. The van der Waals surface area contributed by atoms with E-state index in [-0.39, 0.29) is 6.61 Å². The van der Waals surface area contributed by atoms with Crippen LogP contribution in [0.25, 0.3) is 0 Å². The van der Waals surface area contributed by atoms with Crippen LogP contribution in [-0.4, -0.2) is 31.6 Å². The van der Waals surface area contributed by atoms with Crippen molar-refractivity contribution in [3.05, 3.63) is 29.8 Å². The summed E-state index contributed by atoms with van der Waals surface area (Å²) in [6.07, 6.45) is 4.93. The van der Waals surface area contributed by atoms with Crippen LogP contribution in [0.1, 0.15) is 38.2 Å². The molecule has 1 aromatic rings. The summed E-state index contributed by atoms with van der Waals surface area (Å²) in [4.78, 5) is 15.1. The molecule has 0 unspecified atom stereocenters. The first-order valence-electron chi connectivity index (χ1n) is 8.54. The fourth-order valence-electron chi connectivity index (χ4n) is 2.88. The zero-order valence-electron chi connectivity index (χ0n) is 14.5. The molecule has 0 saturated heterocycles. The number of aliphatic imine (C=N–C) groups is 1. The van der Waals surface area contributed by atoms with Gasteiger partial charge in [0, 0.05) is 19.6 Å². The van der Waals surface area contributed by atoms with Gasteiger partial charge in [0.1, 0.15) is 5.75 Å². The first kappa shape index (κ1) is 18.1. The zero-order valence-corrected chi connectivity index (χ0v) is 14.5. The van der Waals surface area contributed by atoms with Crippen molar-refractivity contribution in [2.24, 2.45) is 16.6 Å². The van der Waals surface area contributed by atoms with Crippen LogP contribution >= 0.6 is 0 Å². The quantitative estimate of drug-likeness (QED) is 0.547. The van der Waals surface area contributed by atoms with E-state index >= 15 is 0 Å². The molecule has 1 aliphatic carbocycles. The van der Waals surface area contributed by atoms with E-state index in [9.17, 15) is 4.79 Å². The Hall–Kier alpha value is -2.24. The molecule has 6 heteroatoms. The Morgan fingerprint density at radius 3 is 2.75 bits per heavy atom. The second-order valence-electron chi connectivity index (χ2n) is 6.43. The van der Waals surface area contributed by atoms with Gasteiger partial charge < -0.3 is 21.1 Å². The molecule has 6 nitrogen and oxygen atoms in total. The molecule has 1 fully saturated rings. The Balaban J connectivity index is 1.82. The van der Waals surface area contributed by atoms with Gasteiger partial charge >= 0.3 is 0 Å². The highest BCUT2D eigenvalue weighted by Crippen LogP contribution is 2.23. The average Bonchev–Trinajstić information content (AvgIpc) is 2.59. The van der Waals surface area contributed by atoms with Crippen molar-refractivity contribution in [2.45, 2.75) is 45.2 Å². The van der Waals surface area contributed by atoms with E-state index < -0.39 is 5.91 Å². The Kier molecular flexibility index (Phi) is 6.90. The second kappa shape index (κ2) is 9.15.